The first-order valence-electron chi connectivity index (χ1n) is 11.7. The summed E-state index contributed by atoms with van der Waals surface area (Å²) in [6.45, 7) is 2.24. The van der Waals surface area contributed by atoms with Crippen molar-refractivity contribution in [2.24, 2.45) is 0 Å². The predicted molar refractivity (Wildman–Crippen MR) is 126 cm³/mol. The molecule has 0 bridgehead atoms. The molecule has 7 nitrogen and oxygen atoms in total. The minimum absolute atomic E-state index is 0. The number of nitrogens with one attached hydrogen (secondary N) is 1. The third-order valence-electron chi connectivity index (χ3n) is 5.31. The van der Waals surface area contributed by atoms with Crippen molar-refractivity contribution in [3.63, 3.8) is 0 Å². The SMILES string of the molecule is CCCCCCCCCCCCCCCCCC(=O)NC(CCS(=O)(=O)O)C(=O)O.[Na]. The zero-order chi connectivity index (χ0) is 22.7. The molecule has 0 aliphatic carbocycles. The van der Waals surface area contributed by atoms with E-state index in [-0.39, 0.29) is 42.4 Å². The van der Waals surface area contributed by atoms with Crippen LogP contribution in [-0.2, 0) is 19.7 Å². The molecule has 179 valence electrons. The summed E-state index contributed by atoms with van der Waals surface area (Å²) in [4.78, 5) is 22.9. The molecule has 1 atom stereocenters. The summed E-state index contributed by atoms with van der Waals surface area (Å²) >= 11 is 0. The number of carboxylic acids is 1. The second kappa shape index (κ2) is 21.7. The van der Waals surface area contributed by atoms with Crippen LogP contribution in [0.5, 0.6) is 0 Å². The molecule has 0 aromatic heterocycles. The second-order valence-corrected chi connectivity index (χ2v) is 9.80. The molecule has 0 saturated carbocycles. The first-order valence-corrected chi connectivity index (χ1v) is 13.3. The number of hydrogen-bond acceptors (Lipinski definition) is 4. The fourth-order valence-electron chi connectivity index (χ4n) is 3.45. The number of rotatable bonds is 21. The number of carbonyl (C=O) groups excluding carboxylic acids is 1. The van der Waals surface area contributed by atoms with Gasteiger partial charge in [0.2, 0.25) is 5.91 Å². The van der Waals surface area contributed by atoms with Gasteiger partial charge in [0.1, 0.15) is 6.04 Å². The van der Waals surface area contributed by atoms with Crippen molar-refractivity contribution >= 4 is 51.6 Å². The molecule has 0 heterocycles. The minimum Gasteiger partial charge on any atom is -0.480 e. The molecule has 0 aromatic carbocycles. The topological polar surface area (TPSA) is 121 Å². The van der Waals surface area contributed by atoms with Crippen LogP contribution in [0, 0.1) is 0 Å². The summed E-state index contributed by atoms with van der Waals surface area (Å²) in [5.41, 5.74) is 0. The predicted octanol–water partition coefficient (Wildman–Crippen LogP) is 4.71. The zero-order valence-electron chi connectivity index (χ0n) is 19.7. The van der Waals surface area contributed by atoms with Crippen LogP contribution >= 0.6 is 0 Å². The van der Waals surface area contributed by atoms with E-state index in [2.05, 4.69) is 12.2 Å². The molecule has 3 N–H and O–H groups in total. The number of aliphatic carboxylic acids is 1. The molecule has 0 aliphatic heterocycles. The summed E-state index contributed by atoms with van der Waals surface area (Å²) in [5, 5.41) is 11.4. The first kappa shape index (κ1) is 33.0. The van der Waals surface area contributed by atoms with Gasteiger partial charge in [-0.15, -0.1) is 0 Å². The fraction of sp³-hybridized carbons (Fsp3) is 0.909. The van der Waals surface area contributed by atoms with Crippen LogP contribution in [0.3, 0.4) is 0 Å². The smallest absolute Gasteiger partial charge is 0.326 e. The van der Waals surface area contributed by atoms with Crippen LogP contribution in [-0.4, -0.2) is 71.3 Å². The molecule has 1 unspecified atom stereocenters. The van der Waals surface area contributed by atoms with Crippen molar-refractivity contribution in [1.82, 2.24) is 5.32 Å². The summed E-state index contributed by atoms with van der Waals surface area (Å²) in [7, 11) is -4.25. The van der Waals surface area contributed by atoms with Gasteiger partial charge in [0, 0.05) is 36.0 Å². The van der Waals surface area contributed by atoms with E-state index in [0.29, 0.717) is 6.42 Å². The maximum atomic E-state index is 11.8. The molecule has 0 rings (SSSR count). The minimum atomic E-state index is -4.25. The van der Waals surface area contributed by atoms with Crippen molar-refractivity contribution < 1.29 is 27.7 Å². The molecular weight excluding hydrogens is 429 g/mol. The molecule has 9 heteroatoms. The van der Waals surface area contributed by atoms with Gasteiger partial charge in [0.15, 0.2) is 0 Å². The Balaban J connectivity index is 0. The summed E-state index contributed by atoms with van der Waals surface area (Å²) in [6.07, 6.45) is 18.4. The standard InChI is InChI=1S/C22H43NO6S.Na/c1-2-3-4-5-6-7-8-9-10-11-12-13-14-15-16-17-21(24)23-20(22(25)26)18-19-30(27,28)29;/h20H,2-19H2,1H3,(H,23,24)(H,25,26)(H,27,28,29);. The van der Waals surface area contributed by atoms with E-state index in [0.717, 1.165) is 19.3 Å². The first-order chi connectivity index (χ1) is 14.3. The van der Waals surface area contributed by atoms with E-state index in [4.69, 9.17) is 9.66 Å². The number of amides is 1. The zero-order valence-corrected chi connectivity index (χ0v) is 22.6. The number of hydrogen-bond donors (Lipinski definition) is 3. The van der Waals surface area contributed by atoms with E-state index < -0.39 is 33.8 Å². The number of carbonyl (C=O) groups is 2. The van der Waals surface area contributed by atoms with E-state index in [1.807, 2.05) is 0 Å². The Morgan fingerprint density at radius 1 is 0.774 bits per heavy atom. The average Bonchev–Trinajstić information content (AvgIpc) is 2.67. The van der Waals surface area contributed by atoms with Crippen molar-refractivity contribution in [1.29, 1.82) is 0 Å². The van der Waals surface area contributed by atoms with Crippen LogP contribution in [0.15, 0.2) is 0 Å². The Bertz CT molecular complexity index is 556. The van der Waals surface area contributed by atoms with Crippen molar-refractivity contribution in [3.05, 3.63) is 0 Å². The quantitative estimate of drug-likeness (QED) is 0.126. The number of unbranched alkanes of at least 4 members (excludes halogenated alkanes) is 14. The van der Waals surface area contributed by atoms with Crippen LogP contribution in [0.4, 0.5) is 0 Å². The van der Waals surface area contributed by atoms with Crippen LogP contribution in [0.2, 0.25) is 0 Å². The average molecular weight is 473 g/mol. The van der Waals surface area contributed by atoms with Gasteiger partial charge in [-0.25, -0.2) is 4.79 Å². The van der Waals surface area contributed by atoms with E-state index in [9.17, 15) is 18.0 Å². The molecule has 1 radical (unpaired) electrons. The largest absolute Gasteiger partial charge is 0.480 e. The Kier molecular flexibility index (Phi) is 23.1. The van der Waals surface area contributed by atoms with Crippen LogP contribution in [0.25, 0.3) is 0 Å². The Labute approximate surface area is 211 Å². The maximum Gasteiger partial charge on any atom is 0.326 e. The van der Waals surface area contributed by atoms with Crippen LogP contribution < -0.4 is 5.32 Å². The van der Waals surface area contributed by atoms with E-state index >= 15 is 0 Å². The molecule has 0 spiro atoms. The van der Waals surface area contributed by atoms with Crippen molar-refractivity contribution in [2.45, 2.75) is 122 Å². The van der Waals surface area contributed by atoms with Gasteiger partial charge >= 0.3 is 5.97 Å². The Hall–Kier alpha value is -0.150. The van der Waals surface area contributed by atoms with Crippen molar-refractivity contribution in [3.8, 4) is 0 Å². The van der Waals surface area contributed by atoms with Gasteiger partial charge in [-0.3, -0.25) is 9.35 Å². The van der Waals surface area contributed by atoms with E-state index in [1.54, 1.807) is 0 Å². The maximum absolute atomic E-state index is 11.8. The third-order valence-corrected chi connectivity index (χ3v) is 6.06. The molecule has 1 amide bonds. The van der Waals surface area contributed by atoms with Gasteiger partial charge in [-0.2, -0.15) is 8.42 Å². The van der Waals surface area contributed by atoms with Crippen LogP contribution in [0.1, 0.15) is 116 Å². The van der Waals surface area contributed by atoms with Gasteiger partial charge in [0.05, 0.1) is 5.75 Å². The molecular formula is C22H43NNaO6S. The Morgan fingerprint density at radius 3 is 1.52 bits per heavy atom. The van der Waals surface area contributed by atoms with Gasteiger partial charge in [-0.05, 0) is 12.8 Å². The summed E-state index contributed by atoms with van der Waals surface area (Å²) in [6, 6.07) is -1.30. The normalized spacial score (nSPS) is 12.2. The van der Waals surface area contributed by atoms with Crippen molar-refractivity contribution in [2.75, 3.05) is 5.75 Å². The summed E-state index contributed by atoms with van der Waals surface area (Å²) in [5.74, 6) is -2.39. The fourth-order valence-corrected chi connectivity index (χ4v) is 3.98. The molecule has 0 aromatic rings. The van der Waals surface area contributed by atoms with E-state index in [1.165, 1.54) is 70.6 Å². The molecule has 0 aliphatic rings. The monoisotopic (exact) mass is 472 g/mol. The summed E-state index contributed by atoms with van der Waals surface area (Å²) < 4.78 is 30.1. The third kappa shape index (κ3) is 24.3. The molecule has 31 heavy (non-hydrogen) atoms. The van der Waals surface area contributed by atoms with Gasteiger partial charge in [0.25, 0.3) is 10.1 Å². The van der Waals surface area contributed by atoms with Gasteiger partial charge in [-0.1, -0.05) is 96.8 Å². The molecule has 0 fully saturated rings. The Morgan fingerprint density at radius 2 is 1.16 bits per heavy atom. The van der Waals surface area contributed by atoms with Gasteiger partial charge < -0.3 is 10.4 Å². The number of carboxylic acid groups (broad SMARTS) is 1. The second-order valence-electron chi connectivity index (χ2n) is 8.23. The molecule has 0 saturated heterocycles.